The van der Waals surface area contributed by atoms with Crippen LogP contribution in [0.1, 0.15) is 30.3 Å². The average molecular weight is 492 g/mol. The van der Waals surface area contributed by atoms with E-state index in [1.165, 1.54) is 6.07 Å². The number of alkyl halides is 3. The largest absolute Gasteiger partial charge is 0.464 e. The summed E-state index contributed by atoms with van der Waals surface area (Å²) < 4.78 is 50.9. The van der Waals surface area contributed by atoms with Gasteiger partial charge >= 0.3 is 18.2 Å². The zero-order valence-corrected chi connectivity index (χ0v) is 18.8. The summed E-state index contributed by atoms with van der Waals surface area (Å²) in [5.41, 5.74) is 0.408. The Kier molecular flexibility index (Phi) is 6.51. The fourth-order valence-corrected chi connectivity index (χ4v) is 4.42. The van der Waals surface area contributed by atoms with Crippen LogP contribution in [0.25, 0.3) is 10.9 Å². The molecule has 1 aromatic carbocycles. The van der Waals surface area contributed by atoms with E-state index in [-0.39, 0.29) is 34.2 Å². The highest BCUT2D eigenvalue weighted by atomic mass is 32.2. The van der Waals surface area contributed by atoms with Gasteiger partial charge in [-0.3, -0.25) is 0 Å². The maximum absolute atomic E-state index is 13.4. The Morgan fingerprint density at radius 2 is 1.97 bits per heavy atom. The van der Waals surface area contributed by atoms with Gasteiger partial charge in [0, 0.05) is 16.8 Å². The van der Waals surface area contributed by atoms with Crippen molar-refractivity contribution in [3.63, 3.8) is 0 Å². The SMILES string of the molecule is CCOC(=O)C1=C(CSc2nc(C(F)(F)F)nc3ccccc23)NC(=O)NC1c1ccc(C)o1. The Morgan fingerprint density at radius 3 is 2.65 bits per heavy atom. The highest BCUT2D eigenvalue weighted by Gasteiger charge is 2.37. The topological polar surface area (TPSA) is 106 Å². The zero-order valence-electron chi connectivity index (χ0n) is 18.0. The van der Waals surface area contributed by atoms with E-state index in [9.17, 15) is 22.8 Å². The number of nitrogens with one attached hydrogen (secondary N) is 2. The van der Waals surface area contributed by atoms with Crippen molar-refractivity contribution in [1.29, 1.82) is 0 Å². The second-order valence-corrected chi connectivity index (χ2v) is 8.21. The molecule has 2 N–H and O–H groups in total. The number of urea groups is 1. The number of thioether (sulfide) groups is 1. The zero-order chi connectivity index (χ0) is 24.5. The summed E-state index contributed by atoms with van der Waals surface area (Å²) in [4.78, 5) is 32.5. The monoisotopic (exact) mass is 492 g/mol. The first-order valence-corrected chi connectivity index (χ1v) is 11.2. The van der Waals surface area contributed by atoms with Crippen molar-refractivity contribution < 1.29 is 31.9 Å². The lowest BCUT2D eigenvalue weighted by molar-refractivity contribution is -0.145. The number of para-hydroxylation sites is 1. The number of hydrogen-bond donors (Lipinski definition) is 2. The van der Waals surface area contributed by atoms with Gasteiger partial charge in [-0.2, -0.15) is 13.2 Å². The molecule has 1 aliphatic rings. The Morgan fingerprint density at radius 1 is 1.21 bits per heavy atom. The Balaban J connectivity index is 1.75. The molecule has 3 heterocycles. The molecule has 0 spiro atoms. The van der Waals surface area contributed by atoms with Crippen LogP contribution in [0.3, 0.4) is 0 Å². The summed E-state index contributed by atoms with van der Waals surface area (Å²) in [7, 11) is 0. The van der Waals surface area contributed by atoms with E-state index >= 15 is 0 Å². The number of benzene rings is 1. The van der Waals surface area contributed by atoms with Crippen molar-refractivity contribution in [1.82, 2.24) is 20.6 Å². The lowest BCUT2D eigenvalue weighted by Crippen LogP contribution is -2.46. The molecule has 8 nitrogen and oxygen atoms in total. The first-order valence-electron chi connectivity index (χ1n) is 10.2. The van der Waals surface area contributed by atoms with Gasteiger partial charge in [0.05, 0.1) is 17.7 Å². The van der Waals surface area contributed by atoms with Gasteiger partial charge in [-0.25, -0.2) is 19.6 Å². The molecule has 0 aliphatic carbocycles. The summed E-state index contributed by atoms with van der Waals surface area (Å²) >= 11 is 0.941. The predicted molar refractivity (Wildman–Crippen MR) is 117 cm³/mol. The number of ether oxygens (including phenoxy) is 1. The van der Waals surface area contributed by atoms with Crippen molar-refractivity contribution in [2.45, 2.75) is 31.1 Å². The molecular formula is C22H19F3N4O4S. The maximum atomic E-state index is 13.4. The summed E-state index contributed by atoms with van der Waals surface area (Å²) in [5, 5.41) is 5.69. The minimum absolute atomic E-state index is 0.0595. The molecule has 0 saturated heterocycles. The van der Waals surface area contributed by atoms with Gasteiger partial charge in [-0.1, -0.05) is 30.0 Å². The third-order valence-electron chi connectivity index (χ3n) is 4.87. The van der Waals surface area contributed by atoms with E-state index in [4.69, 9.17) is 9.15 Å². The van der Waals surface area contributed by atoms with Crippen LogP contribution in [0.2, 0.25) is 0 Å². The van der Waals surface area contributed by atoms with Gasteiger partial charge in [0.2, 0.25) is 5.82 Å². The molecule has 34 heavy (non-hydrogen) atoms. The predicted octanol–water partition coefficient (Wildman–Crippen LogP) is 4.51. The number of halogens is 3. The number of carbonyl (C=O) groups is 2. The third kappa shape index (κ3) is 4.86. The van der Waals surface area contributed by atoms with Crippen molar-refractivity contribution in [2.75, 3.05) is 12.4 Å². The van der Waals surface area contributed by atoms with Gasteiger partial charge in [0.25, 0.3) is 0 Å². The molecule has 2 aromatic heterocycles. The van der Waals surface area contributed by atoms with E-state index in [0.29, 0.717) is 16.9 Å². The molecule has 178 valence electrons. The second-order valence-electron chi connectivity index (χ2n) is 7.25. The van der Waals surface area contributed by atoms with E-state index < -0.39 is 30.0 Å². The van der Waals surface area contributed by atoms with E-state index in [1.807, 2.05) is 0 Å². The first-order chi connectivity index (χ1) is 16.2. The third-order valence-corrected chi connectivity index (χ3v) is 5.89. The molecule has 0 radical (unpaired) electrons. The standard InChI is InChI=1S/C22H19F3N4O4S/c1-3-32-19(30)16-14(27-21(31)28-17(16)15-9-8-11(2)33-15)10-34-18-12-6-4-5-7-13(12)26-20(29-18)22(23,24)25/h4-9,17H,3,10H2,1-2H3,(H2,27,28,31). The van der Waals surface area contributed by atoms with Crippen LogP contribution in [-0.2, 0) is 15.7 Å². The number of aromatic nitrogens is 2. The molecule has 1 unspecified atom stereocenters. The average Bonchev–Trinajstić information content (AvgIpc) is 3.22. The fraction of sp³-hybridized carbons (Fsp3) is 0.273. The highest BCUT2D eigenvalue weighted by Crippen LogP contribution is 2.35. The summed E-state index contributed by atoms with van der Waals surface area (Å²) in [5.74, 6) is -1.12. The van der Waals surface area contributed by atoms with Crippen LogP contribution in [0.15, 0.2) is 57.1 Å². The maximum Gasteiger partial charge on any atom is 0.451 e. The smallest absolute Gasteiger partial charge is 0.451 e. The van der Waals surface area contributed by atoms with Crippen LogP contribution < -0.4 is 10.6 Å². The minimum atomic E-state index is -4.74. The van der Waals surface area contributed by atoms with E-state index in [0.717, 1.165) is 11.8 Å². The van der Waals surface area contributed by atoms with Crippen molar-refractivity contribution >= 4 is 34.7 Å². The van der Waals surface area contributed by atoms with Gasteiger partial charge in [-0.05, 0) is 32.0 Å². The first kappa shape index (κ1) is 23.6. The number of furan rings is 1. The van der Waals surface area contributed by atoms with Crippen LogP contribution in [0, 0.1) is 6.92 Å². The molecule has 1 atom stereocenters. The van der Waals surface area contributed by atoms with Crippen LogP contribution in [-0.4, -0.2) is 34.3 Å². The minimum Gasteiger partial charge on any atom is -0.464 e. The number of nitrogens with zero attached hydrogens (tertiary/aromatic N) is 2. The molecule has 2 amide bonds. The number of amides is 2. The number of fused-ring (bicyclic) bond motifs is 1. The van der Waals surface area contributed by atoms with E-state index in [1.54, 1.807) is 44.2 Å². The van der Waals surface area contributed by atoms with Gasteiger partial charge < -0.3 is 19.8 Å². The molecular weight excluding hydrogens is 473 g/mol. The number of aryl methyl sites for hydroxylation is 1. The van der Waals surface area contributed by atoms with Crippen molar-refractivity contribution in [3.05, 3.63) is 65.0 Å². The Hall–Kier alpha value is -3.54. The normalized spacial score (nSPS) is 16.4. The Labute approximate surface area is 196 Å². The van der Waals surface area contributed by atoms with Gasteiger partial charge in [0.15, 0.2) is 0 Å². The van der Waals surface area contributed by atoms with Crippen LogP contribution in [0.4, 0.5) is 18.0 Å². The Bertz CT molecular complexity index is 1290. The van der Waals surface area contributed by atoms with Crippen LogP contribution in [0.5, 0.6) is 0 Å². The molecule has 4 rings (SSSR count). The highest BCUT2D eigenvalue weighted by molar-refractivity contribution is 7.99. The number of rotatable bonds is 6. The van der Waals surface area contributed by atoms with Crippen molar-refractivity contribution in [3.8, 4) is 0 Å². The second kappa shape index (κ2) is 9.37. The van der Waals surface area contributed by atoms with Gasteiger partial charge in [-0.15, -0.1) is 0 Å². The molecule has 1 aliphatic heterocycles. The molecule has 0 saturated carbocycles. The molecule has 3 aromatic rings. The van der Waals surface area contributed by atoms with Crippen molar-refractivity contribution in [2.24, 2.45) is 0 Å². The lowest BCUT2D eigenvalue weighted by Gasteiger charge is -2.27. The quantitative estimate of drug-likeness (QED) is 0.296. The summed E-state index contributed by atoms with van der Waals surface area (Å²) in [6.45, 7) is 3.45. The molecule has 0 bridgehead atoms. The number of hydrogen-bond acceptors (Lipinski definition) is 7. The van der Waals surface area contributed by atoms with E-state index in [2.05, 4.69) is 20.6 Å². The summed E-state index contributed by atoms with van der Waals surface area (Å²) in [6, 6.07) is 8.10. The van der Waals surface area contributed by atoms with Gasteiger partial charge in [0.1, 0.15) is 22.6 Å². The molecule has 12 heteroatoms. The molecule has 0 fully saturated rings. The number of esters is 1. The fourth-order valence-electron chi connectivity index (χ4n) is 3.43. The van der Waals surface area contributed by atoms with Crippen LogP contribution >= 0.6 is 11.8 Å². The number of carbonyl (C=O) groups excluding carboxylic acids is 2. The summed E-state index contributed by atoms with van der Waals surface area (Å²) in [6.07, 6.45) is -4.74. The lowest BCUT2D eigenvalue weighted by atomic mass is 10.0.